The van der Waals surface area contributed by atoms with Crippen LogP contribution < -0.4 is 36.7 Å². The van der Waals surface area contributed by atoms with E-state index in [0.29, 0.717) is 22.7 Å². The lowest BCUT2D eigenvalue weighted by Crippen LogP contribution is -2.34. The zero-order chi connectivity index (χ0) is 32.3. The van der Waals surface area contributed by atoms with Crippen LogP contribution in [0, 0.1) is 6.92 Å². The number of methoxy groups -OCH3 is 1. The number of nitrogens with zero attached hydrogens (tertiary/aromatic N) is 1. The molecule has 0 heterocycles. The normalized spacial score (nSPS) is 11.9. The number of anilines is 3. The van der Waals surface area contributed by atoms with Gasteiger partial charge in [-0.2, -0.15) is 0 Å². The van der Waals surface area contributed by atoms with Crippen molar-refractivity contribution < 1.29 is 14.3 Å². The topological polar surface area (TPSA) is 135 Å². The van der Waals surface area contributed by atoms with Gasteiger partial charge in [-0.15, -0.1) is 0 Å². The third-order valence-electron chi connectivity index (χ3n) is 6.56. The third-order valence-corrected chi connectivity index (χ3v) is 6.98. The maximum absolute atomic E-state index is 13.4. The zero-order valence-electron chi connectivity index (χ0n) is 26.7. The van der Waals surface area contributed by atoms with Gasteiger partial charge in [-0.1, -0.05) is 83.0 Å². The van der Waals surface area contributed by atoms with Crippen LogP contribution in [0.1, 0.15) is 74.6 Å². The maximum atomic E-state index is 13.4. The number of ether oxygens (including phenoxy) is 1. The van der Waals surface area contributed by atoms with Crippen molar-refractivity contribution in [3.63, 3.8) is 0 Å². The minimum Gasteiger partial charge on any atom is -0.492 e. The summed E-state index contributed by atoms with van der Waals surface area (Å²) < 4.78 is 8.90. The number of aryl methyl sites for hydroxylation is 1. The summed E-state index contributed by atoms with van der Waals surface area (Å²) in [5.41, 5.74) is 10.8. The molecule has 7 N–H and O–H groups in total. The average Bonchev–Trinajstić information content (AvgIpc) is 2.98. The number of rotatable bonds is 10. The fourth-order valence-corrected chi connectivity index (χ4v) is 4.54. The standard InChI is InChI=1S/C31H40N6O3S.C2H6/c1-19-13-14-22(29(38)35-25-16-23(31(3,4)5)17-26(36-41-7)28(25)40-6)15-27(19)37(33)18-24(32)30(39)34-20(2)21-11-9-8-10-12-21;1-2/h8-18,20,36H,32-33H2,1-7H3,(H,34,39)(H,35,38);1-2H3/b24-18-;. The first-order chi connectivity index (χ1) is 20.3. The van der Waals surface area contributed by atoms with Crippen molar-refractivity contribution >= 4 is 40.8 Å². The lowest BCUT2D eigenvalue weighted by molar-refractivity contribution is -0.118. The Hall–Kier alpha value is -4.15. The monoisotopic (exact) mass is 606 g/mol. The SMILES string of the molecule is CC.COc1c(NSC)cc(C(C)(C)C)cc1NC(=O)c1ccc(C)c(N(N)/C=C(\N)C(=O)NC(C)c2ccccc2)c1. The summed E-state index contributed by atoms with van der Waals surface area (Å²) in [6.07, 6.45) is 3.26. The quantitative estimate of drug-likeness (QED) is 0.0752. The molecule has 1 atom stereocenters. The van der Waals surface area contributed by atoms with Crippen LogP contribution in [0.3, 0.4) is 0 Å². The van der Waals surface area contributed by atoms with Crippen LogP contribution in [0.25, 0.3) is 0 Å². The Kier molecular flexibility index (Phi) is 13.0. The lowest BCUT2D eigenvalue weighted by Gasteiger charge is -2.24. The van der Waals surface area contributed by atoms with Crippen molar-refractivity contribution in [2.24, 2.45) is 11.6 Å². The number of amides is 2. The van der Waals surface area contributed by atoms with E-state index >= 15 is 0 Å². The minimum atomic E-state index is -0.455. The molecule has 0 aliphatic rings. The van der Waals surface area contributed by atoms with E-state index in [1.54, 1.807) is 25.3 Å². The molecule has 3 aromatic rings. The number of carbonyl (C=O) groups excluding carboxylic acids is 2. The van der Waals surface area contributed by atoms with E-state index in [1.807, 2.05) is 76.4 Å². The van der Waals surface area contributed by atoms with Crippen LogP contribution >= 0.6 is 11.9 Å². The molecule has 0 aliphatic heterocycles. The highest BCUT2D eigenvalue weighted by atomic mass is 32.2. The molecule has 0 aromatic heterocycles. The molecule has 43 heavy (non-hydrogen) atoms. The van der Waals surface area contributed by atoms with Gasteiger partial charge in [-0.05, 0) is 60.2 Å². The molecule has 0 aliphatic carbocycles. The van der Waals surface area contributed by atoms with E-state index in [1.165, 1.54) is 23.2 Å². The fourth-order valence-electron chi connectivity index (χ4n) is 4.17. The van der Waals surface area contributed by atoms with Gasteiger partial charge >= 0.3 is 0 Å². The summed E-state index contributed by atoms with van der Waals surface area (Å²) in [6.45, 7) is 14.0. The van der Waals surface area contributed by atoms with Crippen molar-refractivity contribution in [1.82, 2.24) is 5.32 Å². The second kappa shape index (κ2) is 15.9. The molecule has 0 fully saturated rings. The summed E-state index contributed by atoms with van der Waals surface area (Å²) in [5.74, 6) is 6.03. The van der Waals surface area contributed by atoms with Crippen molar-refractivity contribution in [1.29, 1.82) is 0 Å². The highest BCUT2D eigenvalue weighted by molar-refractivity contribution is 7.99. The third kappa shape index (κ3) is 9.42. The second-order valence-electron chi connectivity index (χ2n) is 10.7. The summed E-state index contributed by atoms with van der Waals surface area (Å²) in [4.78, 5) is 26.1. The molecule has 3 aromatic carbocycles. The molecule has 0 saturated carbocycles. The van der Waals surface area contributed by atoms with Gasteiger partial charge in [0.1, 0.15) is 5.70 Å². The highest BCUT2D eigenvalue weighted by Gasteiger charge is 2.22. The summed E-state index contributed by atoms with van der Waals surface area (Å²) in [5, 5.41) is 7.11. The smallest absolute Gasteiger partial charge is 0.269 e. The van der Waals surface area contributed by atoms with Crippen LogP contribution in [0.15, 0.2) is 72.6 Å². The molecule has 9 nitrogen and oxygen atoms in total. The van der Waals surface area contributed by atoms with E-state index < -0.39 is 5.91 Å². The maximum Gasteiger partial charge on any atom is 0.269 e. The van der Waals surface area contributed by atoms with Crippen molar-refractivity contribution in [3.8, 4) is 5.75 Å². The Balaban J connectivity index is 0.00000316. The van der Waals surface area contributed by atoms with Crippen LogP contribution in [-0.2, 0) is 10.2 Å². The Morgan fingerprint density at radius 1 is 1.02 bits per heavy atom. The predicted molar refractivity (Wildman–Crippen MR) is 181 cm³/mol. The first-order valence-corrected chi connectivity index (χ1v) is 15.4. The van der Waals surface area contributed by atoms with E-state index in [4.69, 9.17) is 16.3 Å². The van der Waals surface area contributed by atoms with Crippen LogP contribution in [0.5, 0.6) is 5.75 Å². The van der Waals surface area contributed by atoms with Gasteiger partial charge in [-0.25, -0.2) is 5.84 Å². The van der Waals surface area contributed by atoms with Crippen LogP contribution in [0.2, 0.25) is 0 Å². The first kappa shape index (κ1) is 35.0. The molecular formula is C33H46N6O3S. The molecular weight excluding hydrogens is 560 g/mol. The largest absolute Gasteiger partial charge is 0.492 e. The molecule has 0 bridgehead atoms. The Morgan fingerprint density at radius 3 is 2.23 bits per heavy atom. The predicted octanol–water partition coefficient (Wildman–Crippen LogP) is 6.63. The van der Waals surface area contributed by atoms with Gasteiger partial charge in [0.25, 0.3) is 11.8 Å². The summed E-state index contributed by atoms with van der Waals surface area (Å²) in [6, 6.07) is 18.4. The van der Waals surface area contributed by atoms with Crippen molar-refractivity contribution in [3.05, 3.63) is 94.8 Å². The highest BCUT2D eigenvalue weighted by Crippen LogP contribution is 2.39. The van der Waals surface area contributed by atoms with E-state index in [-0.39, 0.29) is 23.1 Å². The molecule has 2 amide bonds. The van der Waals surface area contributed by atoms with Crippen LogP contribution in [-0.4, -0.2) is 25.2 Å². The number of nitrogens with one attached hydrogen (secondary N) is 3. The second-order valence-corrected chi connectivity index (χ2v) is 11.3. The number of hydrogen-bond acceptors (Lipinski definition) is 8. The van der Waals surface area contributed by atoms with Gasteiger partial charge in [-0.3, -0.25) is 14.6 Å². The summed E-state index contributed by atoms with van der Waals surface area (Å²) >= 11 is 1.44. The fraction of sp³-hybridized carbons (Fsp3) is 0.333. The molecule has 0 saturated heterocycles. The van der Waals surface area contributed by atoms with Gasteiger partial charge < -0.3 is 25.8 Å². The van der Waals surface area contributed by atoms with Crippen molar-refractivity contribution in [2.45, 2.75) is 59.9 Å². The van der Waals surface area contributed by atoms with Gasteiger partial charge in [0.05, 0.1) is 30.2 Å². The van der Waals surface area contributed by atoms with E-state index in [9.17, 15) is 9.59 Å². The summed E-state index contributed by atoms with van der Waals surface area (Å²) in [7, 11) is 1.57. The number of carbonyl (C=O) groups is 2. The Morgan fingerprint density at radius 2 is 1.65 bits per heavy atom. The van der Waals surface area contributed by atoms with Crippen molar-refractivity contribution in [2.75, 3.05) is 28.4 Å². The van der Waals surface area contributed by atoms with E-state index in [2.05, 4.69) is 36.1 Å². The number of nitrogens with two attached hydrogens (primary N) is 2. The first-order valence-electron chi connectivity index (χ1n) is 14.2. The molecule has 10 heteroatoms. The minimum absolute atomic E-state index is 0.0675. The van der Waals surface area contributed by atoms with Gasteiger partial charge in [0.2, 0.25) is 0 Å². The molecule has 0 radical (unpaired) electrons. The van der Waals surface area contributed by atoms with Gasteiger partial charge in [0.15, 0.2) is 5.75 Å². The number of benzene rings is 3. The van der Waals surface area contributed by atoms with Gasteiger partial charge in [0, 0.05) is 18.0 Å². The number of hydrogen-bond donors (Lipinski definition) is 5. The van der Waals surface area contributed by atoms with E-state index in [0.717, 1.165) is 22.4 Å². The average molecular weight is 607 g/mol. The molecule has 3 rings (SSSR count). The Bertz CT molecular complexity index is 1420. The molecule has 0 spiro atoms. The Labute approximate surface area is 260 Å². The molecule has 232 valence electrons. The molecule has 1 unspecified atom stereocenters. The zero-order valence-corrected chi connectivity index (χ0v) is 27.5. The number of hydrazine groups is 1. The van der Waals surface area contributed by atoms with Crippen LogP contribution in [0.4, 0.5) is 17.1 Å². The lowest BCUT2D eigenvalue weighted by atomic mass is 9.86.